The second-order valence-electron chi connectivity index (χ2n) is 4.52. The summed E-state index contributed by atoms with van der Waals surface area (Å²) in [5.74, 6) is 0.663. The van der Waals surface area contributed by atoms with Crippen molar-refractivity contribution in [3.05, 3.63) is 0 Å². The van der Waals surface area contributed by atoms with Gasteiger partial charge in [0.25, 0.3) is 0 Å². The summed E-state index contributed by atoms with van der Waals surface area (Å²) in [6.07, 6.45) is 5.58. The molecule has 0 heterocycles. The van der Waals surface area contributed by atoms with Crippen LogP contribution in [0.15, 0.2) is 0 Å². The number of thioether (sulfide) groups is 1. The van der Waals surface area contributed by atoms with Crippen molar-refractivity contribution in [3.8, 4) is 0 Å². The Morgan fingerprint density at radius 1 is 1.38 bits per heavy atom. The molecule has 1 rings (SSSR count). The van der Waals surface area contributed by atoms with E-state index in [1.165, 1.54) is 37.4 Å². The Hall–Kier alpha value is -0.260. The molecule has 0 aliphatic heterocycles. The molecule has 1 unspecified atom stereocenters. The van der Waals surface area contributed by atoms with Crippen molar-refractivity contribution in [1.29, 1.82) is 0 Å². The number of carbonyl (C=O) groups is 1. The molecular formula is C11H21NO3S. The van der Waals surface area contributed by atoms with E-state index in [0.29, 0.717) is 17.4 Å². The van der Waals surface area contributed by atoms with E-state index in [2.05, 4.69) is 0 Å². The maximum absolute atomic E-state index is 10.5. The number of aliphatic hydroxyl groups is 1. The molecule has 0 aromatic heterocycles. The van der Waals surface area contributed by atoms with Crippen LogP contribution in [0.25, 0.3) is 0 Å². The molecule has 0 amide bonds. The van der Waals surface area contributed by atoms with Crippen LogP contribution in [0.1, 0.15) is 32.1 Å². The molecule has 2 atom stereocenters. The molecular weight excluding hydrogens is 226 g/mol. The first-order chi connectivity index (χ1) is 7.59. The van der Waals surface area contributed by atoms with Crippen molar-refractivity contribution in [1.82, 2.24) is 0 Å². The van der Waals surface area contributed by atoms with Crippen molar-refractivity contribution >= 4 is 17.7 Å². The van der Waals surface area contributed by atoms with Crippen LogP contribution in [-0.4, -0.2) is 39.8 Å². The van der Waals surface area contributed by atoms with Crippen LogP contribution in [0, 0.1) is 5.92 Å². The molecule has 1 saturated carbocycles. The Labute approximate surface area is 101 Å². The van der Waals surface area contributed by atoms with E-state index in [0.717, 1.165) is 6.42 Å². The molecule has 1 fully saturated rings. The van der Waals surface area contributed by atoms with Crippen LogP contribution in [0.3, 0.4) is 0 Å². The topological polar surface area (TPSA) is 83.5 Å². The zero-order valence-electron chi connectivity index (χ0n) is 9.47. The van der Waals surface area contributed by atoms with Gasteiger partial charge in [-0.1, -0.05) is 25.7 Å². The summed E-state index contributed by atoms with van der Waals surface area (Å²) in [5.41, 5.74) is 5.36. The molecule has 0 saturated heterocycles. The molecule has 94 valence electrons. The number of rotatable bonds is 7. The van der Waals surface area contributed by atoms with Gasteiger partial charge in [-0.05, 0) is 12.3 Å². The molecule has 5 heteroatoms. The highest BCUT2D eigenvalue weighted by atomic mass is 32.2. The average molecular weight is 247 g/mol. The number of carboxylic acid groups (broad SMARTS) is 1. The standard InChI is InChI=1S/C11H21NO3S/c12-10(11(14)15)7-16-6-9(13)5-8-3-1-2-4-8/h8-10,13H,1-7,12H2,(H,14,15)/t9?,10-/m1/s1. The molecule has 0 spiro atoms. The lowest BCUT2D eigenvalue weighted by Crippen LogP contribution is -2.33. The van der Waals surface area contributed by atoms with Gasteiger partial charge in [-0.2, -0.15) is 11.8 Å². The maximum atomic E-state index is 10.5. The molecule has 1 aliphatic rings. The van der Waals surface area contributed by atoms with Crippen LogP contribution in [0.5, 0.6) is 0 Å². The van der Waals surface area contributed by atoms with Crippen LogP contribution >= 0.6 is 11.8 Å². The summed E-state index contributed by atoms with van der Waals surface area (Å²) in [4.78, 5) is 10.5. The first kappa shape index (κ1) is 13.8. The summed E-state index contributed by atoms with van der Waals surface area (Å²) in [5, 5.41) is 18.3. The van der Waals surface area contributed by atoms with E-state index in [1.807, 2.05) is 0 Å². The fraction of sp³-hybridized carbons (Fsp3) is 0.909. The van der Waals surface area contributed by atoms with Crippen molar-refractivity contribution < 1.29 is 15.0 Å². The van der Waals surface area contributed by atoms with Gasteiger partial charge in [0, 0.05) is 11.5 Å². The number of aliphatic hydroxyl groups excluding tert-OH is 1. The van der Waals surface area contributed by atoms with Gasteiger partial charge >= 0.3 is 5.97 Å². The smallest absolute Gasteiger partial charge is 0.321 e. The first-order valence-corrected chi connectivity index (χ1v) is 6.99. The minimum absolute atomic E-state index is 0.311. The molecule has 0 bridgehead atoms. The van der Waals surface area contributed by atoms with Gasteiger partial charge in [-0.15, -0.1) is 0 Å². The predicted octanol–water partition coefficient (Wildman–Crippen LogP) is 1.07. The zero-order valence-corrected chi connectivity index (χ0v) is 10.3. The third kappa shape index (κ3) is 5.18. The number of hydrogen-bond donors (Lipinski definition) is 3. The van der Waals surface area contributed by atoms with Crippen LogP contribution < -0.4 is 5.73 Å². The lowest BCUT2D eigenvalue weighted by molar-refractivity contribution is -0.137. The first-order valence-electron chi connectivity index (χ1n) is 5.83. The third-order valence-corrected chi connectivity index (χ3v) is 4.22. The van der Waals surface area contributed by atoms with E-state index >= 15 is 0 Å². The number of carboxylic acids is 1. The lowest BCUT2D eigenvalue weighted by atomic mass is 10.0. The Morgan fingerprint density at radius 3 is 2.56 bits per heavy atom. The SMILES string of the molecule is N[C@H](CSCC(O)CC1CCCC1)C(=O)O. The molecule has 0 aromatic carbocycles. The molecule has 0 radical (unpaired) electrons. The quantitative estimate of drug-likeness (QED) is 0.627. The van der Waals surface area contributed by atoms with Gasteiger partial charge in [0.15, 0.2) is 0 Å². The Morgan fingerprint density at radius 2 is 2.00 bits per heavy atom. The Kier molecular flexibility index (Phi) is 6.16. The fourth-order valence-electron chi connectivity index (χ4n) is 2.10. The Balaban J connectivity index is 2.05. The maximum Gasteiger partial charge on any atom is 0.321 e. The number of aliphatic carboxylic acids is 1. The largest absolute Gasteiger partial charge is 0.480 e. The fourth-order valence-corrected chi connectivity index (χ4v) is 3.04. The van der Waals surface area contributed by atoms with Crippen molar-refractivity contribution in [2.24, 2.45) is 11.7 Å². The van der Waals surface area contributed by atoms with E-state index in [9.17, 15) is 9.90 Å². The lowest BCUT2D eigenvalue weighted by Gasteiger charge is -2.15. The van der Waals surface area contributed by atoms with Crippen molar-refractivity contribution in [3.63, 3.8) is 0 Å². The van der Waals surface area contributed by atoms with Gasteiger partial charge in [-0.3, -0.25) is 4.79 Å². The van der Waals surface area contributed by atoms with Crippen molar-refractivity contribution in [2.45, 2.75) is 44.2 Å². The summed E-state index contributed by atoms with van der Waals surface area (Å²) >= 11 is 1.43. The number of nitrogens with two attached hydrogens (primary N) is 1. The summed E-state index contributed by atoms with van der Waals surface area (Å²) in [6.45, 7) is 0. The monoisotopic (exact) mass is 247 g/mol. The van der Waals surface area contributed by atoms with Gasteiger partial charge in [-0.25, -0.2) is 0 Å². The molecule has 4 nitrogen and oxygen atoms in total. The van der Waals surface area contributed by atoms with Gasteiger partial charge in [0.2, 0.25) is 0 Å². The van der Waals surface area contributed by atoms with Gasteiger partial charge < -0.3 is 15.9 Å². The van der Waals surface area contributed by atoms with E-state index in [4.69, 9.17) is 10.8 Å². The molecule has 0 aromatic rings. The van der Waals surface area contributed by atoms with Crippen molar-refractivity contribution in [2.75, 3.05) is 11.5 Å². The second kappa shape index (κ2) is 7.14. The highest BCUT2D eigenvalue weighted by Crippen LogP contribution is 2.29. The van der Waals surface area contributed by atoms with E-state index in [1.54, 1.807) is 0 Å². The normalized spacial score (nSPS) is 20.9. The summed E-state index contributed by atoms with van der Waals surface area (Å²) < 4.78 is 0. The van der Waals surface area contributed by atoms with Crippen LogP contribution in [0.4, 0.5) is 0 Å². The van der Waals surface area contributed by atoms with Gasteiger partial charge in [0.1, 0.15) is 6.04 Å². The predicted molar refractivity (Wildman–Crippen MR) is 65.5 cm³/mol. The van der Waals surface area contributed by atoms with Crippen LogP contribution in [-0.2, 0) is 4.79 Å². The zero-order chi connectivity index (χ0) is 12.0. The van der Waals surface area contributed by atoms with E-state index < -0.39 is 12.0 Å². The molecule has 4 N–H and O–H groups in total. The highest BCUT2D eigenvalue weighted by molar-refractivity contribution is 7.99. The molecule has 16 heavy (non-hydrogen) atoms. The minimum Gasteiger partial charge on any atom is -0.480 e. The highest BCUT2D eigenvalue weighted by Gasteiger charge is 2.19. The summed E-state index contributed by atoms with van der Waals surface area (Å²) in [7, 11) is 0. The summed E-state index contributed by atoms with van der Waals surface area (Å²) in [6, 6.07) is -0.816. The van der Waals surface area contributed by atoms with Gasteiger partial charge in [0.05, 0.1) is 6.10 Å². The number of hydrogen-bond acceptors (Lipinski definition) is 4. The average Bonchev–Trinajstić information content (AvgIpc) is 2.70. The third-order valence-electron chi connectivity index (χ3n) is 3.00. The van der Waals surface area contributed by atoms with E-state index in [-0.39, 0.29) is 6.10 Å². The molecule has 1 aliphatic carbocycles. The second-order valence-corrected chi connectivity index (χ2v) is 5.60. The van der Waals surface area contributed by atoms with Crippen LogP contribution in [0.2, 0.25) is 0 Å². The minimum atomic E-state index is -0.974. The Bertz CT molecular complexity index is 219.